The number of aryl methyl sites for hydroxylation is 1. The standard InChI is InChI=1S/C22H20N2O5/c1-14-3-2-4-17(11-14)23-13-15(12-21(23)27)22(28)29-18-7-5-16(6-8-18)24-19(25)9-10-20(24)26/h2-8,11,15H,9-10,12-13H2,1H3. The first-order valence-corrected chi connectivity index (χ1v) is 9.47. The van der Waals surface area contributed by atoms with E-state index in [4.69, 9.17) is 4.74 Å². The van der Waals surface area contributed by atoms with Crippen LogP contribution in [-0.4, -0.2) is 30.2 Å². The fraction of sp³-hybridized carbons (Fsp3) is 0.273. The number of rotatable bonds is 4. The minimum atomic E-state index is -0.551. The van der Waals surface area contributed by atoms with Gasteiger partial charge in [0.1, 0.15) is 5.75 Å². The number of carbonyl (C=O) groups excluding carboxylic acids is 4. The van der Waals surface area contributed by atoms with Gasteiger partial charge in [0, 0.05) is 31.5 Å². The second kappa shape index (κ2) is 7.50. The van der Waals surface area contributed by atoms with E-state index in [2.05, 4.69) is 0 Å². The van der Waals surface area contributed by atoms with E-state index in [9.17, 15) is 19.2 Å². The Kier molecular flexibility index (Phi) is 4.88. The molecule has 4 rings (SSSR count). The number of carbonyl (C=O) groups is 4. The highest BCUT2D eigenvalue weighted by molar-refractivity contribution is 6.19. The lowest BCUT2D eigenvalue weighted by molar-refractivity contribution is -0.139. The Morgan fingerprint density at radius 2 is 1.62 bits per heavy atom. The van der Waals surface area contributed by atoms with Crippen molar-refractivity contribution in [1.29, 1.82) is 0 Å². The Bertz CT molecular complexity index is 983. The third kappa shape index (κ3) is 3.76. The van der Waals surface area contributed by atoms with Gasteiger partial charge in [0.15, 0.2) is 0 Å². The number of nitrogens with zero attached hydrogens (tertiary/aromatic N) is 2. The van der Waals surface area contributed by atoms with Crippen molar-refractivity contribution in [1.82, 2.24) is 0 Å². The summed E-state index contributed by atoms with van der Waals surface area (Å²) < 4.78 is 5.42. The molecule has 2 heterocycles. The van der Waals surface area contributed by atoms with E-state index in [0.29, 0.717) is 11.4 Å². The third-order valence-electron chi connectivity index (χ3n) is 5.14. The van der Waals surface area contributed by atoms with Crippen LogP contribution in [0.5, 0.6) is 5.75 Å². The number of benzene rings is 2. The molecule has 2 aromatic rings. The smallest absolute Gasteiger partial charge is 0.316 e. The topological polar surface area (TPSA) is 84.0 Å². The largest absolute Gasteiger partial charge is 0.426 e. The fourth-order valence-electron chi connectivity index (χ4n) is 3.64. The maximum atomic E-state index is 12.5. The zero-order valence-corrected chi connectivity index (χ0v) is 16.0. The van der Waals surface area contributed by atoms with Crippen molar-refractivity contribution in [3.8, 4) is 5.75 Å². The Labute approximate surface area is 167 Å². The van der Waals surface area contributed by atoms with Gasteiger partial charge >= 0.3 is 5.97 Å². The summed E-state index contributed by atoms with van der Waals surface area (Å²) in [7, 11) is 0. The van der Waals surface area contributed by atoms with E-state index in [0.717, 1.165) is 16.2 Å². The van der Waals surface area contributed by atoms with E-state index in [1.165, 1.54) is 0 Å². The van der Waals surface area contributed by atoms with E-state index >= 15 is 0 Å². The Morgan fingerprint density at radius 1 is 0.931 bits per heavy atom. The van der Waals surface area contributed by atoms with Crippen LogP contribution in [0.1, 0.15) is 24.8 Å². The van der Waals surface area contributed by atoms with E-state index in [-0.39, 0.29) is 43.5 Å². The van der Waals surface area contributed by atoms with Gasteiger partial charge in [-0.3, -0.25) is 24.1 Å². The summed E-state index contributed by atoms with van der Waals surface area (Å²) in [6.45, 7) is 2.22. The van der Waals surface area contributed by atoms with Crippen LogP contribution in [0.4, 0.5) is 11.4 Å². The van der Waals surface area contributed by atoms with Crippen molar-refractivity contribution in [3.05, 3.63) is 54.1 Å². The molecule has 0 aliphatic carbocycles. The SMILES string of the molecule is Cc1cccc(N2CC(C(=O)Oc3ccc(N4C(=O)CCC4=O)cc3)CC2=O)c1. The van der Waals surface area contributed by atoms with Gasteiger partial charge in [-0.05, 0) is 48.9 Å². The molecule has 2 fully saturated rings. The first-order valence-electron chi connectivity index (χ1n) is 9.47. The zero-order valence-electron chi connectivity index (χ0n) is 16.0. The second-order valence-corrected chi connectivity index (χ2v) is 7.28. The normalized spacial score (nSPS) is 19.2. The van der Waals surface area contributed by atoms with Crippen LogP contribution in [0.2, 0.25) is 0 Å². The van der Waals surface area contributed by atoms with Crippen LogP contribution in [0.15, 0.2) is 48.5 Å². The highest BCUT2D eigenvalue weighted by Crippen LogP contribution is 2.28. The molecule has 148 valence electrons. The molecule has 1 unspecified atom stereocenters. The summed E-state index contributed by atoms with van der Waals surface area (Å²) in [6.07, 6.45) is 0.521. The van der Waals surface area contributed by atoms with Gasteiger partial charge in [0.2, 0.25) is 17.7 Å². The summed E-state index contributed by atoms with van der Waals surface area (Å²) in [5.41, 5.74) is 2.27. The summed E-state index contributed by atoms with van der Waals surface area (Å²) in [4.78, 5) is 51.2. The lowest BCUT2D eigenvalue weighted by atomic mass is 10.1. The molecular formula is C22H20N2O5. The predicted octanol–water partition coefficient (Wildman–Crippen LogP) is 2.61. The molecule has 2 aliphatic rings. The lowest BCUT2D eigenvalue weighted by Crippen LogP contribution is -2.28. The number of hydrogen-bond acceptors (Lipinski definition) is 5. The van der Waals surface area contributed by atoms with Gasteiger partial charge in [-0.15, -0.1) is 0 Å². The number of esters is 1. The van der Waals surface area contributed by atoms with Crippen LogP contribution in [0.25, 0.3) is 0 Å². The van der Waals surface area contributed by atoms with Crippen molar-refractivity contribution in [3.63, 3.8) is 0 Å². The predicted molar refractivity (Wildman–Crippen MR) is 105 cm³/mol. The molecule has 0 radical (unpaired) electrons. The molecule has 0 aromatic heterocycles. The molecule has 0 saturated carbocycles. The monoisotopic (exact) mass is 392 g/mol. The molecule has 2 aliphatic heterocycles. The highest BCUT2D eigenvalue weighted by atomic mass is 16.5. The van der Waals surface area contributed by atoms with Crippen molar-refractivity contribution in [2.24, 2.45) is 5.92 Å². The number of ether oxygens (including phenoxy) is 1. The molecule has 0 spiro atoms. The summed E-state index contributed by atoms with van der Waals surface area (Å²) in [5.74, 6) is -1.31. The lowest BCUT2D eigenvalue weighted by Gasteiger charge is -2.17. The molecule has 3 amide bonds. The first-order chi connectivity index (χ1) is 13.9. The average molecular weight is 392 g/mol. The second-order valence-electron chi connectivity index (χ2n) is 7.28. The van der Waals surface area contributed by atoms with Gasteiger partial charge in [-0.1, -0.05) is 12.1 Å². The highest BCUT2D eigenvalue weighted by Gasteiger charge is 2.36. The Balaban J connectivity index is 1.41. The average Bonchev–Trinajstić information content (AvgIpc) is 3.25. The van der Waals surface area contributed by atoms with Crippen LogP contribution in [0.3, 0.4) is 0 Å². The fourth-order valence-corrected chi connectivity index (χ4v) is 3.64. The van der Waals surface area contributed by atoms with Crippen molar-refractivity contribution in [2.75, 3.05) is 16.3 Å². The first kappa shape index (κ1) is 18.9. The van der Waals surface area contributed by atoms with Gasteiger partial charge in [-0.2, -0.15) is 0 Å². The van der Waals surface area contributed by atoms with Gasteiger partial charge in [0.25, 0.3) is 0 Å². The van der Waals surface area contributed by atoms with E-state index in [1.54, 1.807) is 29.2 Å². The summed E-state index contributed by atoms with van der Waals surface area (Å²) >= 11 is 0. The molecule has 1 atom stereocenters. The maximum absolute atomic E-state index is 12.5. The van der Waals surface area contributed by atoms with Crippen molar-refractivity contribution < 1.29 is 23.9 Å². The third-order valence-corrected chi connectivity index (χ3v) is 5.14. The number of amides is 3. The van der Waals surface area contributed by atoms with E-state index < -0.39 is 11.9 Å². The quantitative estimate of drug-likeness (QED) is 0.454. The molecule has 2 aromatic carbocycles. The van der Waals surface area contributed by atoms with E-state index in [1.807, 2.05) is 31.2 Å². The molecule has 29 heavy (non-hydrogen) atoms. The molecule has 7 heteroatoms. The summed E-state index contributed by atoms with van der Waals surface area (Å²) in [5, 5.41) is 0. The summed E-state index contributed by atoms with van der Waals surface area (Å²) in [6, 6.07) is 13.8. The van der Waals surface area contributed by atoms with Crippen molar-refractivity contribution in [2.45, 2.75) is 26.2 Å². The molecular weight excluding hydrogens is 372 g/mol. The van der Waals surface area contributed by atoms with Gasteiger partial charge < -0.3 is 9.64 Å². The minimum Gasteiger partial charge on any atom is -0.426 e. The van der Waals surface area contributed by atoms with Crippen LogP contribution >= 0.6 is 0 Å². The van der Waals surface area contributed by atoms with Gasteiger partial charge in [0.05, 0.1) is 11.6 Å². The van der Waals surface area contributed by atoms with Gasteiger partial charge in [-0.25, -0.2) is 0 Å². The number of imide groups is 1. The Hall–Kier alpha value is -3.48. The maximum Gasteiger partial charge on any atom is 0.316 e. The molecule has 0 bridgehead atoms. The zero-order chi connectivity index (χ0) is 20.5. The molecule has 2 saturated heterocycles. The number of anilines is 2. The van der Waals surface area contributed by atoms with Crippen molar-refractivity contribution >= 4 is 35.1 Å². The van der Waals surface area contributed by atoms with Crippen LogP contribution in [-0.2, 0) is 19.2 Å². The Morgan fingerprint density at radius 3 is 2.28 bits per heavy atom. The molecule has 0 N–H and O–H groups in total. The minimum absolute atomic E-state index is 0.0988. The molecule has 7 nitrogen and oxygen atoms in total. The van der Waals surface area contributed by atoms with Crippen LogP contribution < -0.4 is 14.5 Å². The number of hydrogen-bond donors (Lipinski definition) is 0. The van der Waals surface area contributed by atoms with Crippen LogP contribution in [0, 0.1) is 12.8 Å².